The molecule has 5 rings (SSSR count). The van der Waals surface area contributed by atoms with Crippen molar-refractivity contribution in [2.24, 2.45) is 0 Å². The van der Waals surface area contributed by atoms with E-state index in [0.717, 1.165) is 33.3 Å². The average molecular weight is 484 g/mol. The van der Waals surface area contributed by atoms with E-state index in [0.29, 0.717) is 17.5 Å². The maximum Gasteiger partial charge on any atom is 0.313 e. The second-order valence-corrected chi connectivity index (χ2v) is 9.06. The lowest BCUT2D eigenvalue weighted by Crippen LogP contribution is -2.25. The Kier molecular flexibility index (Phi) is 6.63. The number of fused-ring (bicyclic) bond motifs is 2. The van der Waals surface area contributed by atoms with Gasteiger partial charge < -0.3 is 24.6 Å². The third-order valence-corrected chi connectivity index (χ3v) is 6.87. The first kappa shape index (κ1) is 23.9. The first-order chi connectivity index (χ1) is 17.5. The summed E-state index contributed by atoms with van der Waals surface area (Å²) in [5, 5.41) is 23.4. The van der Waals surface area contributed by atoms with E-state index < -0.39 is 12.5 Å². The molecule has 1 aliphatic heterocycles. The van der Waals surface area contributed by atoms with Crippen LogP contribution in [0.1, 0.15) is 47.6 Å². The van der Waals surface area contributed by atoms with Gasteiger partial charge >= 0.3 is 5.97 Å². The molecule has 2 N–H and O–H groups in total. The Morgan fingerprint density at radius 1 is 0.889 bits per heavy atom. The van der Waals surface area contributed by atoms with E-state index in [4.69, 9.17) is 9.47 Å². The van der Waals surface area contributed by atoms with Gasteiger partial charge in [0, 0.05) is 23.2 Å². The number of esters is 1. The quantitative estimate of drug-likeness (QED) is 0.350. The monoisotopic (exact) mass is 483 g/mol. The summed E-state index contributed by atoms with van der Waals surface area (Å²) in [7, 11) is 1.64. The normalized spacial score (nSPS) is 17.6. The van der Waals surface area contributed by atoms with Gasteiger partial charge in [-0.25, -0.2) is 0 Å². The highest BCUT2D eigenvalue weighted by Gasteiger charge is 2.36. The predicted molar refractivity (Wildman–Crippen MR) is 139 cm³/mol. The zero-order valence-corrected chi connectivity index (χ0v) is 20.3. The van der Waals surface area contributed by atoms with Crippen LogP contribution in [0, 0.1) is 0 Å². The molecule has 0 fully saturated rings. The van der Waals surface area contributed by atoms with Gasteiger partial charge in [0.1, 0.15) is 5.75 Å². The van der Waals surface area contributed by atoms with Crippen LogP contribution in [0.2, 0.25) is 0 Å². The maximum absolute atomic E-state index is 12.7. The molecule has 0 aromatic heterocycles. The summed E-state index contributed by atoms with van der Waals surface area (Å²) >= 11 is 0. The predicted octanol–water partition coefficient (Wildman–Crippen LogP) is 5.24. The fraction of sp³-hybridized carbons (Fsp3) is 0.233. The number of anilines is 1. The lowest BCUT2D eigenvalue weighted by molar-refractivity contribution is -0.144. The van der Waals surface area contributed by atoms with Gasteiger partial charge in [0.05, 0.1) is 19.6 Å². The van der Waals surface area contributed by atoms with Crippen LogP contribution < -0.4 is 9.64 Å². The third-order valence-electron chi connectivity index (χ3n) is 6.87. The molecule has 6 nitrogen and oxygen atoms in total. The molecule has 0 aliphatic carbocycles. The van der Waals surface area contributed by atoms with Crippen LogP contribution in [0.4, 0.5) is 5.69 Å². The van der Waals surface area contributed by atoms with E-state index in [9.17, 15) is 15.0 Å². The highest BCUT2D eigenvalue weighted by atomic mass is 16.5. The van der Waals surface area contributed by atoms with Crippen molar-refractivity contribution >= 4 is 22.4 Å². The number of aliphatic hydroxyl groups excluding tert-OH is 2. The third kappa shape index (κ3) is 4.53. The molecule has 0 radical (unpaired) electrons. The number of rotatable bonds is 7. The van der Waals surface area contributed by atoms with Crippen LogP contribution >= 0.6 is 0 Å². The summed E-state index contributed by atoms with van der Waals surface area (Å²) in [4.78, 5) is 14.3. The largest absolute Gasteiger partial charge is 0.497 e. The fourth-order valence-electron chi connectivity index (χ4n) is 4.70. The van der Waals surface area contributed by atoms with E-state index in [1.165, 1.54) is 0 Å². The van der Waals surface area contributed by atoms with Crippen LogP contribution in [0.5, 0.6) is 5.75 Å². The molecule has 0 saturated heterocycles. The molecule has 3 atom stereocenters. The Bertz CT molecular complexity index is 1360. The van der Waals surface area contributed by atoms with Crippen LogP contribution in [0.15, 0.2) is 84.9 Å². The second kappa shape index (κ2) is 10.0. The Balaban J connectivity index is 1.17. The molecule has 4 aromatic carbocycles. The van der Waals surface area contributed by atoms with Crippen molar-refractivity contribution in [3.8, 4) is 5.75 Å². The van der Waals surface area contributed by atoms with Gasteiger partial charge in [0.2, 0.25) is 0 Å². The van der Waals surface area contributed by atoms with Crippen molar-refractivity contribution in [2.45, 2.75) is 31.7 Å². The first-order valence-electron chi connectivity index (χ1n) is 12.0. The zero-order chi connectivity index (χ0) is 25.2. The Morgan fingerprint density at radius 3 is 2.19 bits per heavy atom. The number of aliphatic hydroxyl groups is 2. The van der Waals surface area contributed by atoms with E-state index in [1.807, 2.05) is 91.9 Å². The van der Waals surface area contributed by atoms with Crippen molar-refractivity contribution in [1.29, 1.82) is 0 Å². The summed E-state index contributed by atoms with van der Waals surface area (Å²) in [6.07, 6.45) is -1.23. The number of carbonyl (C=O) groups excluding carboxylic acids is 1. The molecule has 0 spiro atoms. The number of carbonyl (C=O) groups is 1. The van der Waals surface area contributed by atoms with Crippen LogP contribution in [0.25, 0.3) is 10.8 Å². The molecule has 4 aromatic rings. The summed E-state index contributed by atoms with van der Waals surface area (Å²) < 4.78 is 10.8. The highest BCUT2D eigenvalue weighted by Crippen LogP contribution is 2.42. The van der Waals surface area contributed by atoms with Crippen molar-refractivity contribution in [3.63, 3.8) is 0 Å². The topological polar surface area (TPSA) is 79.2 Å². The Labute approximate surface area is 210 Å². The number of ether oxygens (including phenoxy) is 2. The van der Waals surface area contributed by atoms with E-state index in [2.05, 4.69) is 0 Å². The van der Waals surface area contributed by atoms with Crippen LogP contribution in [0.3, 0.4) is 0 Å². The minimum Gasteiger partial charge on any atom is -0.497 e. The molecule has 6 heteroatoms. The molecule has 0 amide bonds. The molecule has 1 heterocycles. The average Bonchev–Trinajstić information content (AvgIpc) is 3.17. The van der Waals surface area contributed by atoms with Crippen LogP contribution in [-0.4, -0.2) is 29.9 Å². The second-order valence-electron chi connectivity index (χ2n) is 9.06. The fourth-order valence-corrected chi connectivity index (χ4v) is 4.70. The van der Waals surface area contributed by atoms with Gasteiger partial charge in [-0.15, -0.1) is 0 Å². The van der Waals surface area contributed by atoms with E-state index in [-0.39, 0.29) is 18.5 Å². The number of hydrogen-bond donors (Lipinski definition) is 2. The maximum atomic E-state index is 12.7. The number of hydrogen-bond acceptors (Lipinski definition) is 6. The summed E-state index contributed by atoms with van der Waals surface area (Å²) in [6.45, 7) is 2.13. The van der Waals surface area contributed by atoms with Crippen molar-refractivity contribution in [2.75, 3.05) is 18.6 Å². The van der Waals surface area contributed by atoms with Crippen molar-refractivity contribution in [3.05, 3.63) is 107 Å². The molecular formula is C30H29NO5. The lowest BCUT2D eigenvalue weighted by atomic mass is 9.98. The van der Waals surface area contributed by atoms with Gasteiger partial charge in [0.25, 0.3) is 0 Å². The molecule has 3 unspecified atom stereocenters. The van der Waals surface area contributed by atoms with E-state index in [1.54, 1.807) is 12.0 Å². The van der Waals surface area contributed by atoms with Gasteiger partial charge in [-0.2, -0.15) is 0 Å². The van der Waals surface area contributed by atoms with Gasteiger partial charge in [0.15, 0.2) is 12.5 Å². The van der Waals surface area contributed by atoms with Gasteiger partial charge in [-0.3, -0.25) is 4.79 Å². The summed E-state index contributed by atoms with van der Waals surface area (Å²) in [5.74, 6) is 0.160. The van der Waals surface area contributed by atoms with Crippen LogP contribution in [-0.2, 0) is 16.0 Å². The molecule has 0 saturated carbocycles. The minimum atomic E-state index is -0.901. The molecule has 0 bridgehead atoms. The SMILES string of the molecule is COc1ccc2cc(C(C)C(=O)OCCc3ccc(N4C(O)c5ccccc5C4O)cc3)ccc2c1. The minimum absolute atomic E-state index is 0.263. The van der Waals surface area contributed by atoms with Gasteiger partial charge in [-0.1, -0.05) is 60.7 Å². The molecule has 36 heavy (non-hydrogen) atoms. The molecule has 1 aliphatic rings. The Hall–Kier alpha value is -3.87. The number of benzene rings is 4. The summed E-state index contributed by atoms with van der Waals surface area (Å²) in [6, 6.07) is 26.7. The van der Waals surface area contributed by atoms with Crippen molar-refractivity contribution < 1.29 is 24.5 Å². The molecular weight excluding hydrogens is 454 g/mol. The first-order valence-corrected chi connectivity index (χ1v) is 12.0. The Morgan fingerprint density at radius 2 is 1.53 bits per heavy atom. The molecule has 184 valence electrons. The number of nitrogens with zero attached hydrogens (tertiary/aromatic N) is 1. The zero-order valence-electron chi connectivity index (χ0n) is 20.3. The standard InChI is InChI=1S/C30H29NO5/c1-19(21-9-10-23-18-25(35-2)14-11-22(23)17-21)30(34)36-16-15-20-7-12-24(13-8-20)31-28(32)26-5-3-4-6-27(26)29(31)33/h3-14,17-19,28-29,32-33H,15-16H2,1-2H3. The highest BCUT2D eigenvalue weighted by molar-refractivity contribution is 5.86. The van der Waals surface area contributed by atoms with Gasteiger partial charge in [-0.05, 0) is 53.1 Å². The number of methoxy groups -OCH3 is 1. The van der Waals surface area contributed by atoms with Crippen molar-refractivity contribution in [1.82, 2.24) is 0 Å². The smallest absolute Gasteiger partial charge is 0.313 e. The summed E-state index contributed by atoms with van der Waals surface area (Å²) in [5.41, 5.74) is 4.04. The lowest BCUT2D eigenvalue weighted by Gasteiger charge is -2.26. The van der Waals surface area contributed by atoms with E-state index >= 15 is 0 Å².